The molecule has 0 bridgehead atoms. The van der Waals surface area contributed by atoms with Gasteiger partial charge in [-0.15, -0.1) is 11.3 Å². The van der Waals surface area contributed by atoms with Gasteiger partial charge in [-0.3, -0.25) is 0 Å². The van der Waals surface area contributed by atoms with Gasteiger partial charge in [-0.2, -0.15) is 0 Å². The highest BCUT2D eigenvalue weighted by Gasteiger charge is 2.15. The number of aryl methyl sites for hydroxylation is 1. The second-order valence-corrected chi connectivity index (χ2v) is 6.09. The van der Waals surface area contributed by atoms with Gasteiger partial charge in [0.1, 0.15) is 0 Å². The number of rotatable bonds is 5. The quantitative estimate of drug-likeness (QED) is 0.856. The minimum absolute atomic E-state index is 0.123. The van der Waals surface area contributed by atoms with Gasteiger partial charge in [-0.1, -0.05) is 44.2 Å². The maximum atomic E-state index is 6.33. The molecule has 18 heavy (non-hydrogen) atoms. The van der Waals surface area contributed by atoms with Crippen LogP contribution in [0.15, 0.2) is 42.5 Å². The van der Waals surface area contributed by atoms with E-state index in [1.165, 1.54) is 15.3 Å². The molecule has 1 aromatic heterocycles. The predicted octanol–water partition coefficient (Wildman–Crippen LogP) is 4.19. The Bertz CT molecular complexity index is 475. The lowest BCUT2D eigenvalue weighted by atomic mass is 9.92. The zero-order chi connectivity index (χ0) is 13.0. The zero-order valence-corrected chi connectivity index (χ0v) is 11.9. The second kappa shape index (κ2) is 6.17. The monoisotopic (exact) mass is 259 g/mol. The molecular formula is C16H21NS. The van der Waals surface area contributed by atoms with Gasteiger partial charge < -0.3 is 5.73 Å². The molecule has 0 aliphatic rings. The average Bonchev–Trinajstić information content (AvgIpc) is 2.86. The topological polar surface area (TPSA) is 26.0 Å². The highest BCUT2D eigenvalue weighted by atomic mass is 32.1. The third-order valence-electron chi connectivity index (χ3n) is 3.39. The van der Waals surface area contributed by atoms with Gasteiger partial charge in [0.25, 0.3) is 0 Å². The second-order valence-electron chi connectivity index (χ2n) is 4.84. The Morgan fingerprint density at radius 1 is 1.06 bits per heavy atom. The number of nitrogens with two attached hydrogens (primary N) is 1. The van der Waals surface area contributed by atoms with E-state index in [9.17, 15) is 0 Å². The van der Waals surface area contributed by atoms with E-state index < -0.39 is 0 Å². The van der Waals surface area contributed by atoms with Crippen LogP contribution in [-0.4, -0.2) is 0 Å². The van der Waals surface area contributed by atoms with Crippen molar-refractivity contribution in [3.63, 3.8) is 0 Å². The standard InChI is InChI=1S/C16H21NS/c1-3-14-9-10-15(18-14)11-12(2)16(17)13-7-5-4-6-8-13/h4-10,12,16H,3,11,17H2,1-2H3. The Hall–Kier alpha value is -1.12. The Kier molecular flexibility index (Phi) is 4.56. The first-order valence-corrected chi connectivity index (χ1v) is 7.40. The molecule has 0 saturated heterocycles. The molecule has 2 unspecified atom stereocenters. The Morgan fingerprint density at radius 2 is 1.72 bits per heavy atom. The zero-order valence-electron chi connectivity index (χ0n) is 11.1. The van der Waals surface area contributed by atoms with Crippen molar-refractivity contribution in [1.82, 2.24) is 0 Å². The van der Waals surface area contributed by atoms with Crippen molar-refractivity contribution in [2.24, 2.45) is 11.7 Å². The minimum atomic E-state index is 0.123. The van der Waals surface area contributed by atoms with Crippen LogP contribution in [0.1, 0.15) is 35.2 Å². The Labute approximate surface area is 114 Å². The number of hydrogen-bond acceptors (Lipinski definition) is 2. The summed E-state index contributed by atoms with van der Waals surface area (Å²) in [6.07, 6.45) is 2.20. The molecule has 2 heteroatoms. The fourth-order valence-corrected chi connectivity index (χ4v) is 3.27. The third kappa shape index (κ3) is 3.21. The van der Waals surface area contributed by atoms with E-state index >= 15 is 0 Å². The van der Waals surface area contributed by atoms with Gasteiger partial charge in [0.05, 0.1) is 0 Å². The first kappa shape index (κ1) is 13.3. The molecule has 2 rings (SSSR count). The summed E-state index contributed by atoms with van der Waals surface area (Å²) >= 11 is 1.92. The molecule has 2 N–H and O–H groups in total. The highest BCUT2D eigenvalue weighted by molar-refractivity contribution is 7.11. The van der Waals surface area contributed by atoms with Crippen LogP contribution < -0.4 is 5.73 Å². The molecule has 0 aliphatic carbocycles. The molecule has 0 amide bonds. The van der Waals surface area contributed by atoms with Crippen molar-refractivity contribution >= 4 is 11.3 Å². The molecular weight excluding hydrogens is 238 g/mol. The van der Waals surface area contributed by atoms with Crippen LogP contribution in [-0.2, 0) is 12.8 Å². The molecule has 1 aromatic carbocycles. The van der Waals surface area contributed by atoms with Crippen molar-refractivity contribution in [2.45, 2.75) is 32.7 Å². The molecule has 1 heterocycles. The van der Waals surface area contributed by atoms with Crippen molar-refractivity contribution in [2.75, 3.05) is 0 Å². The first-order valence-electron chi connectivity index (χ1n) is 6.58. The van der Waals surface area contributed by atoms with Crippen LogP contribution in [0.3, 0.4) is 0 Å². The minimum Gasteiger partial charge on any atom is -0.324 e. The summed E-state index contributed by atoms with van der Waals surface area (Å²) in [7, 11) is 0. The van der Waals surface area contributed by atoms with E-state index in [1.807, 2.05) is 17.4 Å². The van der Waals surface area contributed by atoms with E-state index in [0.29, 0.717) is 5.92 Å². The Balaban J connectivity index is 2.01. The maximum Gasteiger partial charge on any atom is 0.0324 e. The highest BCUT2D eigenvalue weighted by Crippen LogP contribution is 2.26. The van der Waals surface area contributed by atoms with Gasteiger partial charge in [-0.25, -0.2) is 0 Å². The summed E-state index contributed by atoms with van der Waals surface area (Å²) in [5.41, 5.74) is 7.56. The van der Waals surface area contributed by atoms with Crippen molar-refractivity contribution in [3.05, 3.63) is 57.8 Å². The normalized spacial score (nSPS) is 14.4. The van der Waals surface area contributed by atoms with Crippen LogP contribution in [0.4, 0.5) is 0 Å². The summed E-state index contributed by atoms with van der Waals surface area (Å²) < 4.78 is 0. The lowest BCUT2D eigenvalue weighted by Gasteiger charge is -2.19. The van der Waals surface area contributed by atoms with Crippen molar-refractivity contribution in [1.29, 1.82) is 0 Å². The van der Waals surface area contributed by atoms with Gasteiger partial charge in [0.15, 0.2) is 0 Å². The van der Waals surface area contributed by atoms with E-state index in [-0.39, 0.29) is 6.04 Å². The molecule has 96 valence electrons. The summed E-state index contributed by atoms with van der Waals surface area (Å²) in [5, 5.41) is 0. The smallest absolute Gasteiger partial charge is 0.0324 e. The van der Waals surface area contributed by atoms with E-state index in [4.69, 9.17) is 5.73 Å². The molecule has 2 atom stereocenters. The molecule has 2 aromatic rings. The maximum absolute atomic E-state index is 6.33. The third-order valence-corrected chi connectivity index (χ3v) is 4.64. The lowest BCUT2D eigenvalue weighted by Crippen LogP contribution is -2.20. The van der Waals surface area contributed by atoms with E-state index in [0.717, 1.165) is 12.8 Å². The molecule has 0 radical (unpaired) electrons. The van der Waals surface area contributed by atoms with Crippen LogP contribution in [0.2, 0.25) is 0 Å². The predicted molar refractivity (Wildman–Crippen MR) is 79.9 cm³/mol. The average molecular weight is 259 g/mol. The molecule has 0 saturated carbocycles. The number of benzene rings is 1. The molecule has 0 fully saturated rings. The largest absolute Gasteiger partial charge is 0.324 e. The number of hydrogen-bond donors (Lipinski definition) is 1. The van der Waals surface area contributed by atoms with Gasteiger partial charge >= 0.3 is 0 Å². The van der Waals surface area contributed by atoms with Crippen molar-refractivity contribution < 1.29 is 0 Å². The molecule has 1 nitrogen and oxygen atoms in total. The Morgan fingerprint density at radius 3 is 2.33 bits per heavy atom. The van der Waals surface area contributed by atoms with Gasteiger partial charge in [0.2, 0.25) is 0 Å². The fraction of sp³-hybridized carbons (Fsp3) is 0.375. The lowest BCUT2D eigenvalue weighted by molar-refractivity contribution is 0.471. The molecule has 0 aliphatic heterocycles. The van der Waals surface area contributed by atoms with Crippen LogP contribution >= 0.6 is 11.3 Å². The van der Waals surface area contributed by atoms with Crippen LogP contribution in [0, 0.1) is 5.92 Å². The van der Waals surface area contributed by atoms with Gasteiger partial charge in [0, 0.05) is 15.8 Å². The summed E-state index contributed by atoms with van der Waals surface area (Å²) in [5.74, 6) is 0.468. The fourth-order valence-electron chi connectivity index (χ4n) is 2.17. The molecule has 0 spiro atoms. The van der Waals surface area contributed by atoms with Crippen molar-refractivity contribution in [3.8, 4) is 0 Å². The van der Waals surface area contributed by atoms with Crippen LogP contribution in [0.5, 0.6) is 0 Å². The number of thiophene rings is 1. The van der Waals surface area contributed by atoms with E-state index in [2.05, 4.69) is 50.2 Å². The summed E-state index contributed by atoms with van der Waals surface area (Å²) in [6.45, 7) is 4.44. The first-order chi connectivity index (χ1) is 8.70. The SMILES string of the molecule is CCc1ccc(CC(C)C(N)c2ccccc2)s1. The van der Waals surface area contributed by atoms with Crippen LogP contribution in [0.25, 0.3) is 0 Å². The van der Waals surface area contributed by atoms with Gasteiger partial charge in [-0.05, 0) is 36.5 Å². The summed E-state index contributed by atoms with van der Waals surface area (Å²) in [4.78, 5) is 2.91. The van der Waals surface area contributed by atoms with E-state index in [1.54, 1.807) is 0 Å². The summed E-state index contributed by atoms with van der Waals surface area (Å²) in [6, 6.07) is 15.0.